The molecule has 2 N–H and O–H groups in total. The summed E-state index contributed by atoms with van der Waals surface area (Å²) in [7, 11) is -1.91. The van der Waals surface area contributed by atoms with Gasteiger partial charge in [-0.15, -0.1) is 0 Å². The van der Waals surface area contributed by atoms with E-state index in [4.69, 9.17) is 0 Å². The van der Waals surface area contributed by atoms with Crippen molar-refractivity contribution in [2.75, 3.05) is 19.8 Å². The van der Waals surface area contributed by atoms with Crippen LogP contribution in [0.25, 0.3) is 0 Å². The average molecular weight is 309 g/mol. The lowest BCUT2D eigenvalue weighted by atomic mass is 10.2. The number of halogens is 7. The van der Waals surface area contributed by atoms with Gasteiger partial charge in [-0.25, -0.2) is 8.42 Å². The smallest absolute Gasteiger partial charge is 0.459 e. The zero-order chi connectivity index (χ0) is 15.4. The Kier molecular flexibility index (Phi) is 6.59. The summed E-state index contributed by atoms with van der Waals surface area (Å²) in [6, 6.07) is 0. The Balaban J connectivity index is 0. The molecular formula is C6H10F7NO3S. The van der Waals surface area contributed by atoms with E-state index in [1.807, 2.05) is 19.4 Å². The molecule has 0 aliphatic heterocycles. The summed E-state index contributed by atoms with van der Waals surface area (Å²) in [5, 5.41) is 2.00. The van der Waals surface area contributed by atoms with Crippen molar-refractivity contribution in [2.45, 2.75) is 18.0 Å². The lowest BCUT2D eigenvalue weighted by Gasteiger charge is -2.28. The Morgan fingerprint density at radius 3 is 1.44 bits per heavy atom. The molecule has 0 saturated heterocycles. The fourth-order valence-corrected chi connectivity index (χ4v) is 1.15. The van der Waals surface area contributed by atoms with E-state index in [0.717, 1.165) is 0 Å². The maximum Gasteiger partial charge on any atom is 0.459 e. The van der Waals surface area contributed by atoms with Crippen molar-refractivity contribution in [2.24, 2.45) is 0 Å². The van der Waals surface area contributed by atoms with Crippen molar-refractivity contribution in [1.29, 1.82) is 0 Å². The van der Waals surface area contributed by atoms with E-state index in [2.05, 4.69) is 0 Å². The highest BCUT2D eigenvalue weighted by Crippen LogP contribution is 2.46. The van der Waals surface area contributed by atoms with Crippen LogP contribution in [0.1, 0.15) is 0 Å². The van der Waals surface area contributed by atoms with E-state index in [1.54, 1.807) is 0 Å². The minimum Gasteiger partial charge on any atom is -0.748 e. The number of alkyl halides is 7. The van der Waals surface area contributed by atoms with Crippen LogP contribution in [-0.2, 0) is 10.1 Å². The Bertz CT molecular complexity index is 351. The molecular weight excluding hydrogens is 299 g/mol. The van der Waals surface area contributed by atoms with Crippen molar-refractivity contribution >= 4 is 10.1 Å². The summed E-state index contributed by atoms with van der Waals surface area (Å²) >= 11 is 0. The van der Waals surface area contributed by atoms with E-state index in [0.29, 0.717) is 0 Å². The maximum atomic E-state index is 12.1. The quantitative estimate of drug-likeness (QED) is 0.597. The molecule has 0 radical (unpaired) electrons. The van der Waals surface area contributed by atoms with Gasteiger partial charge in [-0.2, -0.15) is 30.7 Å². The first kappa shape index (κ1) is 19.7. The lowest BCUT2D eigenvalue weighted by molar-refractivity contribution is -0.597. The molecule has 0 bridgehead atoms. The van der Waals surface area contributed by atoms with Crippen LogP contribution in [0.5, 0.6) is 0 Å². The second-order valence-electron chi connectivity index (χ2n) is 3.06. The molecule has 0 aliphatic rings. The molecule has 0 aromatic rings. The highest BCUT2D eigenvalue weighted by molar-refractivity contribution is 7.85. The van der Waals surface area contributed by atoms with Gasteiger partial charge < -0.3 is 9.87 Å². The molecule has 0 rings (SSSR count). The summed E-state index contributed by atoms with van der Waals surface area (Å²) in [5.41, 5.74) is 0. The van der Waals surface area contributed by atoms with E-state index in [-0.39, 0.29) is 0 Å². The van der Waals surface area contributed by atoms with E-state index in [1.165, 1.54) is 0 Å². The molecule has 0 spiro atoms. The normalized spacial score (nSPS) is 13.9. The Morgan fingerprint density at radius 1 is 1.00 bits per heavy atom. The van der Waals surface area contributed by atoms with Crippen LogP contribution in [-0.4, -0.2) is 50.8 Å². The van der Waals surface area contributed by atoms with Crippen LogP contribution >= 0.6 is 0 Å². The van der Waals surface area contributed by atoms with E-state index in [9.17, 15) is 43.7 Å². The standard InChI is InChI=1S/C4H3F7O3S.C2H7N/c5-2(6,1-15(12,13)14)3(7,8)4(9,10)11;1-3-2/h1H2,(H,12,13,14);3H,1-2H3. The van der Waals surface area contributed by atoms with Crippen molar-refractivity contribution in [1.82, 2.24) is 0 Å². The van der Waals surface area contributed by atoms with Crippen LogP contribution in [0.2, 0.25) is 0 Å². The van der Waals surface area contributed by atoms with Crippen LogP contribution in [0, 0.1) is 0 Å². The summed E-state index contributed by atoms with van der Waals surface area (Å²) in [6.07, 6.45) is -6.64. The van der Waals surface area contributed by atoms with Gasteiger partial charge in [0.1, 0.15) is 15.9 Å². The van der Waals surface area contributed by atoms with Crippen molar-refractivity contribution in [3.05, 3.63) is 0 Å². The lowest BCUT2D eigenvalue weighted by Crippen LogP contribution is -2.74. The molecule has 0 aromatic carbocycles. The summed E-state index contributed by atoms with van der Waals surface area (Å²) in [4.78, 5) is 0. The van der Waals surface area contributed by atoms with E-state index >= 15 is 0 Å². The molecule has 4 nitrogen and oxygen atoms in total. The van der Waals surface area contributed by atoms with E-state index < -0.39 is 33.9 Å². The minimum absolute atomic E-state index is 2.00. The summed E-state index contributed by atoms with van der Waals surface area (Å²) in [5.74, 6) is -15.7. The Hall–Kier alpha value is -0.620. The molecule has 12 heteroatoms. The number of nitrogens with two attached hydrogens (primary N) is 1. The zero-order valence-electron chi connectivity index (χ0n) is 9.06. The maximum absolute atomic E-state index is 12.1. The fourth-order valence-electron chi connectivity index (χ4n) is 0.520. The Labute approximate surface area is 97.9 Å². The molecule has 0 atom stereocenters. The van der Waals surface area contributed by atoms with Gasteiger partial charge in [0.05, 0.1) is 14.1 Å². The van der Waals surface area contributed by atoms with Crippen molar-refractivity contribution in [3.63, 3.8) is 0 Å². The Morgan fingerprint density at radius 2 is 1.28 bits per heavy atom. The second kappa shape index (κ2) is 6.02. The van der Waals surface area contributed by atoms with Crippen LogP contribution in [0.3, 0.4) is 0 Å². The highest BCUT2D eigenvalue weighted by atomic mass is 32.2. The fraction of sp³-hybridized carbons (Fsp3) is 1.00. The SMILES string of the molecule is C[NH2+]C.O=S(=O)([O-])CC(F)(F)C(F)(F)C(F)(F)F. The molecule has 0 aromatic heterocycles. The van der Waals surface area contributed by atoms with Gasteiger partial charge >= 0.3 is 18.0 Å². The molecule has 0 fully saturated rings. The predicted molar refractivity (Wildman–Crippen MR) is 44.3 cm³/mol. The number of hydrogen-bond donors (Lipinski definition) is 1. The monoisotopic (exact) mass is 309 g/mol. The van der Waals surface area contributed by atoms with Gasteiger partial charge in [-0.3, -0.25) is 0 Å². The average Bonchev–Trinajstić information content (AvgIpc) is 1.97. The minimum atomic E-state index is -6.64. The topological polar surface area (TPSA) is 73.8 Å². The molecule has 0 amide bonds. The third-order valence-electron chi connectivity index (χ3n) is 1.17. The number of rotatable bonds is 3. The first-order valence-electron chi connectivity index (χ1n) is 4.12. The second-order valence-corrected chi connectivity index (χ2v) is 4.46. The van der Waals surface area contributed by atoms with Crippen LogP contribution in [0.4, 0.5) is 30.7 Å². The predicted octanol–water partition coefficient (Wildman–Crippen LogP) is 0.174. The van der Waals surface area contributed by atoms with Gasteiger partial charge in [-0.05, 0) is 0 Å². The van der Waals surface area contributed by atoms with Crippen LogP contribution in [0.15, 0.2) is 0 Å². The van der Waals surface area contributed by atoms with Crippen LogP contribution < -0.4 is 5.32 Å². The molecule has 18 heavy (non-hydrogen) atoms. The first-order chi connectivity index (χ1) is 7.62. The van der Waals surface area contributed by atoms with Gasteiger partial charge in [0, 0.05) is 0 Å². The summed E-state index contributed by atoms with van der Waals surface area (Å²) < 4.78 is 111. The largest absolute Gasteiger partial charge is 0.748 e. The van der Waals surface area contributed by atoms with Gasteiger partial charge in [0.25, 0.3) is 0 Å². The molecule has 0 heterocycles. The first-order valence-corrected chi connectivity index (χ1v) is 5.70. The summed E-state index contributed by atoms with van der Waals surface area (Å²) in [6.45, 7) is 0. The van der Waals surface area contributed by atoms with Crippen molar-refractivity contribution in [3.8, 4) is 0 Å². The number of quaternary nitrogens is 1. The molecule has 0 saturated carbocycles. The van der Waals surface area contributed by atoms with Crippen molar-refractivity contribution < 1.29 is 49.0 Å². The zero-order valence-corrected chi connectivity index (χ0v) is 9.88. The van der Waals surface area contributed by atoms with Gasteiger partial charge in [0.2, 0.25) is 0 Å². The molecule has 112 valence electrons. The van der Waals surface area contributed by atoms with Gasteiger partial charge in [0.15, 0.2) is 0 Å². The third-order valence-corrected chi connectivity index (χ3v) is 1.89. The molecule has 0 aliphatic carbocycles. The third kappa shape index (κ3) is 5.82. The highest BCUT2D eigenvalue weighted by Gasteiger charge is 2.73. The van der Waals surface area contributed by atoms with Gasteiger partial charge in [-0.1, -0.05) is 0 Å². The molecule has 0 unspecified atom stereocenters. The number of hydrogen-bond acceptors (Lipinski definition) is 3.